The molecule has 1 aliphatic carbocycles. The highest BCUT2D eigenvalue weighted by atomic mass is 16.2. The minimum atomic E-state index is 0.0538. The summed E-state index contributed by atoms with van der Waals surface area (Å²) in [5.41, 5.74) is 5.70. The second kappa shape index (κ2) is 4.12. The molecular weight excluding hydrogens is 188 g/mol. The largest absolute Gasteiger partial charge is 0.342 e. The summed E-state index contributed by atoms with van der Waals surface area (Å²) in [6.07, 6.45) is 5.53. The first kappa shape index (κ1) is 10.9. The molecule has 86 valence electrons. The van der Waals surface area contributed by atoms with E-state index in [1.807, 2.05) is 0 Å². The standard InChI is InChI=1S/C12H22N2O/c1-2-4-12(5-6-12)11(15)14-7-3-10(8-13)9-14/h10H,2-9,13H2,1H3. The molecule has 0 bridgehead atoms. The fourth-order valence-electron chi connectivity index (χ4n) is 2.75. The van der Waals surface area contributed by atoms with Gasteiger partial charge in [0.25, 0.3) is 0 Å². The molecule has 15 heavy (non-hydrogen) atoms. The van der Waals surface area contributed by atoms with Crippen LogP contribution in [-0.2, 0) is 4.79 Å². The summed E-state index contributed by atoms with van der Waals surface area (Å²) in [5, 5.41) is 0. The number of amides is 1. The summed E-state index contributed by atoms with van der Waals surface area (Å²) in [7, 11) is 0. The van der Waals surface area contributed by atoms with Crippen LogP contribution >= 0.6 is 0 Å². The van der Waals surface area contributed by atoms with Crippen LogP contribution in [0.4, 0.5) is 0 Å². The Kier molecular flexibility index (Phi) is 3.01. The van der Waals surface area contributed by atoms with Crippen LogP contribution in [-0.4, -0.2) is 30.4 Å². The fourth-order valence-corrected chi connectivity index (χ4v) is 2.75. The molecule has 1 unspecified atom stereocenters. The lowest BCUT2D eigenvalue weighted by Gasteiger charge is -2.22. The lowest BCUT2D eigenvalue weighted by atomic mass is 9.99. The van der Waals surface area contributed by atoms with Crippen LogP contribution in [0.15, 0.2) is 0 Å². The van der Waals surface area contributed by atoms with Crippen molar-refractivity contribution >= 4 is 5.91 Å². The van der Waals surface area contributed by atoms with E-state index >= 15 is 0 Å². The lowest BCUT2D eigenvalue weighted by Crippen LogP contribution is -2.36. The van der Waals surface area contributed by atoms with Gasteiger partial charge in [0.15, 0.2) is 0 Å². The molecule has 1 atom stereocenters. The van der Waals surface area contributed by atoms with Crippen LogP contribution < -0.4 is 5.73 Å². The molecule has 1 aliphatic heterocycles. The molecule has 0 radical (unpaired) electrons. The van der Waals surface area contributed by atoms with Crippen LogP contribution in [0.2, 0.25) is 0 Å². The normalized spacial score (nSPS) is 28.1. The Morgan fingerprint density at radius 1 is 1.53 bits per heavy atom. The molecule has 2 rings (SSSR count). The van der Waals surface area contributed by atoms with E-state index in [-0.39, 0.29) is 5.41 Å². The Balaban J connectivity index is 1.92. The zero-order valence-corrected chi connectivity index (χ0v) is 9.67. The summed E-state index contributed by atoms with van der Waals surface area (Å²) in [6, 6.07) is 0. The van der Waals surface area contributed by atoms with Crippen LogP contribution in [0.3, 0.4) is 0 Å². The van der Waals surface area contributed by atoms with Gasteiger partial charge >= 0.3 is 0 Å². The number of carbonyl (C=O) groups is 1. The molecule has 1 saturated heterocycles. The van der Waals surface area contributed by atoms with Gasteiger partial charge in [-0.2, -0.15) is 0 Å². The van der Waals surface area contributed by atoms with Crippen molar-refractivity contribution in [3.8, 4) is 0 Å². The molecule has 0 aromatic heterocycles. The van der Waals surface area contributed by atoms with E-state index in [1.54, 1.807) is 0 Å². The van der Waals surface area contributed by atoms with E-state index in [9.17, 15) is 4.79 Å². The maximum Gasteiger partial charge on any atom is 0.228 e. The third-order valence-electron chi connectivity index (χ3n) is 3.94. The average molecular weight is 210 g/mol. The number of likely N-dealkylation sites (tertiary alicyclic amines) is 1. The summed E-state index contributed by atoms with van der Waals surface area (Å²) in [5.74, 6) is 0.965. The maximum atomic E-state index is 12.3. The Morgan fingerprint density at radius 3 is 2.73 bits per heavy atom. The highest BCUT2D eigenvalue weighted by molar-refractivity contribution is 5.85. The van der Waals surface area contributed by atoms with Gasteiger partial charge in [0.05, 0.1) is 0 Å². The van der Waals surface area contributed by atoms with Gasteiger partial charge in [-0.05, 0) is 38.1 Å². The topological polar surface area (TPSA) is 46.3 Å². The lowest BCUT2D eigenvalue weighted by molar-refractivity contribution is -0.136. The third kappa shape index (κ3) is 2.03. The van der Waals surface area contributed by atoms with E-state index in [2.05, 4.69) is 11.8 Å². The van der Waals surface area contributed by atoms with E-state index in [1.165, 1.54) is 0 Å². The van der Waals surface area contributed by atoms with Crippen molar-refractivity contribution < 1.29 is 4.79 Å². The molecule has 1 amide bonds. The Morgan fingerprint density at radius 2 is 2.27 bits per heavy atom. The van der Waals surface area contributed by atoms with Gasteiger partial charge < -0.3 is 10.6 Å². The highest BCUT2D eigenvalue weighted by Crippen LogP contribution is 2.51. The van der Waals surface area contributed by atoms with Gasteiger partial charge in [-0.25, -0.2) is 0 Å². The minimum absolute atomic E-state index is 0.0538. The molecular formula is C12H22N2O. The van der Waals surface area contributed by atoms with E-state index in [4.69, 9.17) is 5.73 Å². The first-order chi connectivity index (χ1) is 7.22. The van der Waals surface area contributed by atoms with Crippen molar-refractivity contribution in [3.63, 3.8) is 0 Å². The quantitative estimate of drug-likeness (QED) is 0.762. The number of nitrogens with zero attached hydrogens (tertiary/aromatic N) is 1. The molecule has 0 aromatic rings. The molecule has 0 spiro atoms. The minimum Gasteiger partial charge on any atom is -0.342 e. The fraction of sp³-hybridized carbons (Fsp3) is 0.917. The number of rotatable bonds is 4. The number of carbonyl (C=O) groups excluding carboxylic acids is 1. The number of hydrogen-bond acceptors (Lipinski definition) is 2. The van der Waals surface area contributed by atoms with Crippen molar-refractivity contribution in [1.82, 2.24) is 4.90 Å². The number of nitrogens with two attached hydrogens (primary N) is 1. The molecule has 2 aliphatic rings. The SMILES string of the molecule is CCCC1(C(=O)N2CCC(CN)C2)CC1. The van der Waals surface area contributed by atoms with Crippen LogP contribution in [0.5, 0.6) is 0 Å². The Labute approximate surface area is 92.0 Å². The average Bonchev–Trinajstić information content (AvgIpc) is 2.87. The van der Waals surface area contributed by atoms with E-state index in [0.717, 1.165) is 51.7 Å². The van der Waals surface area contributed by atoms with Crippen LogP contribution in [0, 0.1) is 11.3 Å². The van der Waals surface area contributed by atoms with Crippen molar-refractivity contribution in [2.45, 2.75) is 39.0 Å². The maximum absolute atomic E-state index is 12.3. The zero-order valence-electron chi connectivity index (χ0n) is 9.67. The molecule has 0 aromatic carbocycles. The van der Waals surface area contributed by atoms with Crippen LogP contribution in [0.25, 0.3) is 0 Å². The Hall–Kier alpha value is -0.570. The van der Waals surface area contributed by atoms with Crippen molar-refractivity contribution in [1.29, 1.82) is 0 Å². The van der Waals surface area contributed by atoms with Crippen LogP contribution in [0.1, 0.15) is 39.0 Å². The van der Waals surface area contributed by atoms with Crippen molar-refractivity contribution in [3.05, 3.63) is 0 Å². The predicted molar refractivity (Wildman–Crippen MR) is 60.3 cm³/mol. The molecule has 2 N–H and O–H groups in total. The summed E-state index contributed by atoms with van der Waals surface area (Å²) in [4.78, 5) is 14.3. The molecule has 2 fully saturated rings. The zero-order chi connectivity index (χ0) is 10.9. The van der Waals surface area contributed by atoms with Gasteiger partial charge in [-0.1, -0.05) is 13.3 Å². The molecule has 3 heteroatoms. The summed E-state index contributed by atoms with van der Waals surface area (Å²) >= 11 is 0. The molecule has 1 saturated carbocycles. The van der Waals surface area contributed by atoms with E-state index < -0.39 is 0 Å². The highest BCUT2D eigenvalue weighted by Gasteiger charge is 2.51. The van der Waals surface area contributed by atoms with Gasteiger partial charge in [-0.15, -0.1) is 0 Å². The smallest absolute Gasteiger partial charge is 0.228 e. The van der Waals surface area contributed by atoms with Gasteiger partial charge in [-0.3, -0.25) is 4.79 Å². The summed E-state index contributed by atoms with van der Waals surface area (Å²) in [6.45, 7) is 4.73. The van der Waals surface area contributed by atoms with Crippen molar-refractivity contribution in [2.75, 3.05) is 19.6 Å². The molecule has 3 nitrogen and oxygen atoms in total. The third-order valence-corrected chi connectivity index (χ3v) is 3.94. The van der Waals surface area contributed by atoms with Gasteiger partial charge in [0, 0.05) is 18.5 Å². The predicted octanol–water partition coefficient (Wildman–Crippen LogP) is 1.37. The first-order valence-electron chi connectivity index (χ1n) is 6.21. The number of hydrogen-bond donors (Lipinski definition) is 1. The second-order valence-electron chi connectivity index (χ2n) is 5.17. The summed E-state index contributed by atoms with van der Waals surface area (Å²) < 4.78 is 0. The molecule has 1 heterocycles. The second-order valence-corrected chi connectivity index (χ2v) is 5.17. The Bertz CT molecular complexity index is 248. The van der Waals surface area contributed by atoms with E-state index in [0.29, 0.717) is 11.8 Å². The van der Waals surface area contributed by atoms with Gasteiger partial charge in [0.1, 0.15) is 0 Å². The first-order valence-corrected chi connectivity index (χ1v) is 6.21. The monoisotopic (exact) mass is 210 g/mol. The van der Waals surface area contributed by atoms with Crippen molar-refractivity contribution in [2.24, 2.45) is 17.1 Å². The van der Waals surface area contributed by atoms with Gasteiger partial charge in [0.2, 0.25) is 5.91 Å².